The Morgan fingerprint density at radius 1 is 1.50 bits per heavy atom. The van der Waals surface area contributed by atoms with Crippen molar-refractivity contribution in [2.45, 2.75) is 39.5 Å². The molecule has 0 atom stereocenters. The van der Waals surface area contributed by atoms with Gasteiger partial charge in [-0.05, 0) is 6.42 Å². The average Bonchev–Trinajstić information content (AvgIpc) is 2.76. The largest absolute Gasteiger partial charge is 0.325 e. The number of aromatic amines is 1. The van der Waals surface area contributed by atoms with Gasteiger partial charge in [-0.1, -0.05) is 33.6 Å². The van der Waals surface area contributed by atoms with E-state index in [-0.39, 0.29) is 23.7 Å². The van der Waals surface area contributed by atoms with Crippen LogP contribution in [0.15, 0.2) is 0 Å². The second-order valence-corrected chi connectivity index (χ2v) is 5.19. The predicted octanol–water partition coefficient (Wildman–Crippen LogP) is 1.59. The SMILES string of the molecule is C#CCN(CCC)C(=O)c1n[nH]c(C(C)(C)C)n1. The number of aromatic nitrogens is 3. The van der Waals surface area contributed by atoms with Gasteiger partial charge >= 0.3 is 0 Å². The van der Waals surface area contributed by atoms with Crippen molar-refractivity contribution in [1.29, 1.82) is 0 Å². The van der Waals surface area contributed by atoms with Crippen molar-refractivity contribution in [2.75, 3.05) is 13.1 Å². The van der Waals surface area contributed by atoms with Crippen molar-refractivity contribution in [3.63, 3.8) is 0 Å². The Morgan fingerprint density at radius 3 is 2.61 bits per heavy atom. The highest BCUT2D eigenvalue weighted by molar-refractivity contribution is 5.90. The van der Waals surface area contributed by atoms with Crippen molar-refractivity contribution >= 4 is 5.91 Å². The molecule has 18 heavy (non-hydrogen) atoms. The minimum atomic E-state index is -0.221. The molecule has 1 aromatic heterocycles. The second kappa shape index (κ2) is 5.67. The van der Waals surface area contributed by atoms with Crippen LogP contribution in [0, 0.1) is 12.3 Å². The quantitative estimate of drug-likeness (QED) is 0.823. The number of nitrogens with zero attached hydrogens (tertiary/aromatic N) is 3. The molecule has 0 aliphatic carbocycles. The summed E-state index contributed by atoms with van der Waals surface area (Å²) in [4.78, 5) is 18.0. The molecule has 0 aliphatic heterocycles. The maximum absolute atomic E-state index is 12.2. The van der Waals surface area contributed by atoms with Crippen LogP contribution in [0.4, 0.5) is 0 Å². The van der Waals surface area contributed by atoms with Gasteiger partial charge in [-0.2, -0.15) is 0 Å². The zero-order valence-electron chi connectivity index (χ0n) is 11.4. The molecule has 0 saturated carbocycles. The van der Waals surface area contributed by atoms with Gasteiger partial charge in [0, 0.05) is 12.0 Å². The molecule has 1 heterocycles. The van der Waals surface area contributed by atoms with Crippen molar-refractivity contribution in [1.82, 2.24) is 20.1 Å². The van der Waals surface area contributed by atoms with Crippen molar-refractivity contribution in [3.8, 4) is 12.3 Å². The van der Waals surface area contributed by atoms with E-state index in [1.165, 1.54) is 0 Å². The fourth-order valence-electron chi connectivity index (χ4n) is 1.47. The van der Waals surface area contributed by atoms with Crippen LogP contribution in [0.5, 0.6) is 0 Å². The minimum Gasteiger partial charge on any atom is -0.325 e. The summed E-state index contributed by atoms with van der Waals surface area (Å²) >= 11 is 0. The normalized spacial score (nSPS) is 11.1. The fourth-order valence-corrected chi connectivity index (χ4v) is 1.47. The summed E-state index contributed by atoms with van der Waals surface area (Å²) in [6.45, 7) is 8.91. The lowest BCUT2D eigenvalue weighted by Crippen LogP contribution is -2.33. The van der Waals surface area contributed by atoms with Crippen molar-refractivity contribution in [2.24, 2.45) is 0 Å². The lowest BCUT2D eigenvalue weighted by atomic mass is 9.96. The maximum atomic E-state index is 12.2. The molecule has 5 heteroatoms. The summed E-state index contributed by atoms with van der Waals surface area (Å²) in [5.41, 5.74) is -0.159. The number of hydrogen-bond donors (Lipinski definition) is 1. The zero-order chi connectivity index (χ0) is 13.8. The van der Waals surface area contributed by atoms with Crippen LogP contribution in [0.3, 0.4) is 0 Å². The Morgan fingerprint density at radius 2 is 2.17 bits per heavy atom. The first-order valence-corrected chi connectivity index (χ1v) is 6.05. The summed E-state index contributed by atoms with van der Waals surface area (Å²) in [6, 6.07) is 0. The Bertz CT molecular complexity index is 450. The van der Waals surface area contributed by atoms with Gasteiger partial charge in [0.05, 0.1) is 6.54 Å². The van der Waals surface area contributed by atoms with Gasteiger partial charge in [0.15, 0.2) is 0 Å². The maximum Gasteiger partial charge on any atom is 0.294 e. The predicted molar refractivity (Wildman–Crippen MR) is 70.1 cm³/mol. The molecule has 0 aromatic carbocycles. The van der Waals surface area contributed by atoms with Crippen LogP contribution in [0.1, 0.15) is 50.6 Å². The molecule has 1 aromatic rings. The standard InChI is InChI=1S/C13H20N4O/c1-6-8-17(9-7-2)11(18)10-14-12(16-15-10)13(3,4)5/h1H,7-9H2,2-5H3,(H,14,15,16). The molecular weight excluding hydrogens is 228 g/mol. The molecule has 0 saturated heterocycles. The molecule has 5 nitrogen and oxygen atoms in total. The topological polar surface area (TPSA) is 61.9 Å². The van der Waals surface area contributed by atoms with Crippen molar-refractivity contribution < 1.29 is 4.79 Å². The van der Waals surface area contributed by atoms with Crippen LogP contribution in [0.25, 0.3) is 0 Å². The molecule has 0 spiro atoms. The number of terminal acetylenes is 1. The van der Waals surface area contributed by atoms with E-state index in [1.54, 1.807) is 4.90 Å². The van der Waals surface area contributed by atoms with Crippen LogP contribution < -0.4 is 0 Å². The van der Waals surface area contributed by atoms with Gasteiger partial charge in [-0.3, -0.25) is 9.89 Å². The molecule has 1 amide bonds. The molecular formula is C13H20N4O. The Kier molecular flexibility index (Phi) is 4.49. The van der Waals surface area contributed by atoms with Crippen molar-refractivity contribution in [3.05, 3.63) is 11.6 Å². The average molecular weight is 248 g/mol. The Hall–Kier alpha value is -1.83. The summed E-state index contributed by atoms with van der Waals surface area (Å²) in [6.07, 6.45) is 6.11. The number of amides is 1. The lowest BCUT2D eigenvalue weighted by Gasteiger charge is -2.17. The van der Waals surface area contributed by atoms with E-state index in [4.69, 9.17) is 6.42 Å². The molecule has 0 unspecified atom stereocenters. The minimum absolute atomic E-state index is 0.159. The summed E-state index contributed by atoms with van der Waals surface area (Å²) < 4.78 is 0. The molecule has 0 bridgehead atoms. The summed E-state index contributed by atoms with van der Waals surface area (Å²) in [7, 11) is 0. The Labute approximate surface area is 108 Å². The fraction of sp³-hybridized carbons (Fsp3) is 0.615. The monoisotopic (exact) mass is 248 g/mol. The number of H-pyrrole nitrogens is 1. The van der Waals surface area contributed by atoms with Gasteiger partial charge in [0.25, 0.3) is 5.91 Å². The molecule has 0 aliphatic rings. The van der Waals surface area contributed by atoms with Gasteiger partial charge < -0.3 is 4.90 Å². The van der Waals surface area contributed by atoms with Gasteiger partial charge in [-0.25, -0.2) is 4.98 Å². The molecule has 98 valence electrons. The van der Waals surface area contributed by atoms with E-state index in [2.05, 4.69) is 21.1 Å². The van der Waals surface area contributed by atoms with Gasteiger partial charge in [0.2, 0.25) is 5.82 Å². The van der Waals surface area contributed by atoms with Crippen LogP contribution in [0.2, 0.25) is 0 Å². The number of carbonyl (C=O) groups excluding carboxylic acids is 1. The number of nitrogens with one attached hydrogen (secondary N) is 1. The molecule has 1 N–H and O–H groups in total. The van der Waals surface area contributed by atoms with E-state index in [9.17, 15) is 4.79 Å². The highest BCUT2D eigenvalue weighted by Gasteiger charge is 2.23. The summed E-state index contributed by atoms with van der Waals surface area (Å²) in [5.74, 6) is 3.14. The van der Waals surface area contributed by atoms with E-state index < -0.39 is 0 Å². The van der Waals surface area contributed by atoms with E-state index in [0.29, 0.717) is 12.4 Å². The third kappa shape index (κ3) is 3.33. The molecule has 0 fully saturated rings. The first-order chi connectivity index (χ1) is 8.40. The van der Waals surface area contributed by atoms with E-state index in [0.717, 1.165) is 6.42 Å². The lowest BCUT2D eigenvalue weighted by molar-refractivity contribution is 0.0765. The van der Waals surface area contributed by atoms with E-state index >= 15 is 0 Å². The highest BCUT2D eigenvalue weighted by atomic mass is 16.2. The smallest absolute Gasteiger partial charge is 0.294 e. The van der Waals surface area contributed by atoms with Crippen LogP contribution >= 0.6 is 0 Å². The van der Waals surface area contributed by atoms with E-state index in [1.807, 2.05) is 27.7 Å². The van der Waals surface area contributed by atoms with Crippen LogP contribution in [-0.4, -0.2) is 39.1 Å². The molecule has 1 rings (SSSR count). The molecule has 0 radical (unpaired) electrons. The number of hydrogen-bond acceptors (Lipinski definition) is 3. The third-order valence-corrected chi connectivity index (χ3v) is 2.45. The first-order valence-electron chi connectivity index (χ1n) is 6.05. The Balaban J connectivity index is 2.89. The summed E-state index contributed by atoms with van der Waals surface area (Å²) in [5, 5.41) is 6.78. The van der Waals surface area contributed by atoms with Crippen LogP contribution in [-0.2, 0) is 5.41 Å². The second-order valence-electron chi connectivity index (χ2n) is 5.19. The first kappa shape index (κ1) is 14.2. The number of rotatable bonds is 4. The van der Waals surface area contributed by atoms with Gasteiger partial charge in [-0.15, -0.1) is 11.5 Å². The highest BCUT2D eigenvalue weighted by Crippen LogP contribution is 2.17. The third-order valence-electron chi connectivity index (χ3n) is 2.45. The zero-order valence-corrected chi connectivity index (χ0v) is 11.4. The number of carbonyl (C=O) groups is 1. The van der Waals surface area contributed by atoms with Gasteiger partial charge in [0.1, 0.15) is 5.82 Å².